The first-order chi connectivity index (χ1) is 12.0. The van der Waals surface area contributed by atoms with Crippen molar-refractivity contribution in [1.29, 1.82) is 0 Å². The van der Waals surface area contributed by atoms with Gasteiger partial charge in [-0.3, -0.25) is 13.6 Å². The fraction of sp³-hybridized carbons (Fsp3) is 0.900. The summed E-state index contributed by atoms with van der Waals surface area (Å²) < 4.78 is 0. The second kappa shape index (κ2) is 23.8. The molecule has 0 aliphatic rings. The molecule has 0 aromatic carbocycles. The molecule has 0 heterocycles. The van der Waals surface area contributed by atoms with Gasteiger partial charge in [0.25, 0.3) is 0 Å². The minimum atomic E-state index is 0. The molecule has 0 bridgehead atoms. The van der Waals surface area contributed by atoms with Crippen molar-refractivity contribution in [2.75, 3.05) is 13.1 Å². The third kappa shape index (κ3) is 30.8. The standard InChI is InChI=1S/2C9H20N2.2CHO.Ru/c2*1-6-9(4,5)11-8(3)10-7-2;2*1-2;/h2*8H,6-7H2,1-5H3;2*1H;/q2*-2;2*-1;+6. The number of nitrogens with zero attached hydrogens (tertiary/aromatic N) is 4. The summed E-state index contributed by atoms with van der Waals surface area (Å²) >= 11 is 0. The van der Waals surface area contributed by atoms with Gasteiger partial charge in [-0.25, -0.2) is 12.3 Å². The maximum absolute atomic E-state index is 7.75. The summed E-state index contributed by atoms with van der Waals surface area (Å²) in [6.07, 6.45) is 2.48. The molecule has 0 aromatic rings. The van der Waals surface area contributed by atoms with Gasteiger partial charge in [0.15, 0.2) is 0 Å². The Kier molecular flexibility index (Phi) is 33.1. The molecule has 2 atom stereocenters. The van der Waals surface area contributed by atoms with Crippen LogP contribution in [-0.4, -0.2) is 50.1 Å². The van der Waals surface area contributed by atoms with Crippen LogP contribution in [0.2, 0.25) is 0 Å². The summed E-state index contributed by atoms with van der Waals surface area (Å²) in [5.74, 6) is 0. The maximum atomic E-state index is 7.75. The molecular weight excluding hydrogens is 429 g/mol. The Bertz CT molecular complexity index is 265. The zero-order valence-corrected chi connectivity index (χ0v) is 20.8. The molecular formula is C20H42N4O2Ru. The number of hydrogen-bond acceptors (Lipinski definition) is 2. The summed E-state index contributed by atoms with van der Waals surface area (Å²) in [6, 6.07) is 0. The molecule has 0 saturated carbocycles. The van der Waals surface area contributed by atoms with Gasteiger partial charge in [0.2, 0.25) is 0 Å². The average Bonchev–Trinajstić information content (AvgIpc) is 2.58. The van der Waals surface area contributed by atoms with Crippen LogP contribution >= 0.6 is 0 Å². The van der Waals surface area contributed by atoms with E-state index in [1.807, 2.05) is 27.7 Å². The van der Waals surface area contributed by atoms with Crippen LogP contribution in [0.5, 0.6) is 0 Å². The Morgan fingerprint density at radius 1 is 0.667 bits per heavy atom. The fourth-order valence-corrected chi connectivity index (χ4v) is 1.80. The van der Waals surface area contributed by atoms with Gasteiger partial charge in [0.1, 0.15) is 0 Å². The Hall–Kier alpha value is -0.197. The molecule has 0 N–H and O–H groups in total. The van der Waals surface area contributed by atoms with Gasteiger partial charge in [-0.1, -0.05) is 68.2 Å². The van der Waals surface area contributed by atoms with Crippen molar-refractivity contribution >= 4 is 13.6 Å². The van der Waals surface area contributed by atoms with Crippen molar-refractivity contribution in [2.24, 2.45) is 0 Å². The fourth-order valence-electron chi connectivity index (χ4n) is 1.80. The molecule has 6 nitrogen and oxygen atoms in total. The van der Waals surface area contributed by atoms with Crippen molar-refractivity contribution in [2.45, 2.75) is 105 Å². The van der Waals surface area contributed by atoms with Crippen molar-refractivity contribution in [3.05, 3.63) is 21.3 Å². The monoisotopic (exact) mass is 472 g/mol. The van der Waals surface area contributed by atoms with E-state index in [0.29, 0.717) is 0 Å². The molecule has 0 rings (SSSR count). The third-order valence-corrected chi connectivity index (χ3v) is 3.70. The van der Waals surface area contributed by atoms with Crippen LogP contribution in [0, 0.1) is 0 Å². The Labute approximate surface area is 182 Å². The van der Waals surface area contributed by atoms with E-state index in [9.17, 15) is 0 Å². The number of rotatable bonds is 10. The topological polar surface area (TPSA) is 90.5 Å². The molecule has 27 heavy (non-hydrogen) atoms. The van der Waals surface area contributed by atoms with Crippen LogP contribution in [0.15, 0.2) is 0 Å². The van der Waals surface area contributed by atoms with Crippen LogP contribution < -0.4 is 0 Å². The first kappa shape index (κ1) is 37.5. The molecule has 0 saturated heterocycles. The van der Waals surface area contributed by atoms with Crippen molar-refractivity contribution in [1.82, 2.24) is 0 Å². The molecule has 0 fully saturated rings. The van der Waals surface area contributed by atoms with E-state index in [4.69, 9.17) is 9.59 Å². The predicted octanol–water partition coefficient (Wildman–Crippen LogP) is 6.03. The Morgan fingerprint density at radius 2 is 0.889 bits per heavy atom. The second-order valence-corrected chi connectivity index (χ2v) is 6.85. The van der Waals surface area contributed by atoms with Crippen molar-refractivity contribution < 1.29 is 29.1 Å². The van der Waals surface area contributed by atoms with Crippen LogP contribution in [0.3, 0.4) is 0 Å². The molecule has 0 amide bonds. The summed E-state index contributed by atoms with van der Waals surface area (Å²) in [6.45, 7) is 29.3. The molecule has 0 aromatic heterocycles. The number of carbonyl (C=O) groups excluding carboxylic acids is 2. The van der Waals surface area contributed by atoms with E-state index in [1.54, 1.807) is 0 Å². The Balaban J connectivity index is -0.0000000975. The molecule has 7 heteroatoms. The van der Waals surface area contributed by atoms with E-state index in [-0.39, 0.29) is 42.9 Å². The minimum Gasteiger partial charge on any atom is -0.678 e. The molecule has 0 spiro atoms. The van der Waals surface area contributed by atoms with Gasteiger partial charge >= 0.3 is 19.5 Å². The van der Waals surface area contributed by atoms with E-state index in [0.717, 1.165) is 25.9 Å². The van der Waals surface area contributed by atoms with Crippen molar-refractivity contribution in [3.63, 3.8) is 0 Å². The minimum absolute atomic E-state index is 0. The van der Waals surface area contributed by atoms with Gasteiger partial charge < -0.3 is 30.9 Å². The predicted molar refractivity (Wildman–Crippen MR) is 116 cm³/mol. The van der Waals surface area contributed by atoms with Crippen LogP contribution in [-0.2, 0) is 29.1 Å². The van der Waals surface area contributed by atoms with Crippen LogP contribution in [0.1, 0.15) is 82.1 Å². The first-order valence-corrected chi connectivity index (χ1v) is 9.27. The normalized spacial score (nSPS) is 12.5. The SMILES string of the molecule is CC[N-]C(C)[N-]C(C)(C)CC.CC[N-]C(C)[N-]C(C)(C)CC.[CH-]=O.[CH-]=O.[Ru+6]. The molecule has 0 aliphatic carbocycles. The van der Waals surface area contributed by atoms with Gasteiger partial charge in [0.05, 0.1) is 0 Å². The zero-order valence-electron chi connectivity index (χ0n) is 19.1. The molecule has 162 valence electrons. The van der Waals surface area contributed by atoms with E-state index in [2.05, 4.69) is 76.4 Å². The molecule has 2 unspecified atom stereocenters. The van der Waals surface area contributed by atoms with Gasteiger partial charge in [0, 0.05) is 0 Å². The Morgan fingerprint density at radius 3 is 1.04 bits per heavy atom. The maximum Gasteiger partial charge on any atom is 6.00 e. The molecule has 0 radical (unpaired) electrons. The average molecular weight is 472 g/mol. The summed E-state index contributed by atoms with van der Waals surface area (Å²) in [5.41, 5.74) is 0.191. The van der Waals surface area contributed by atoms with Gasteiger partial charge in [-0.15, -0.1) is 24.9 Å². The largest absolute Gasteiger partial charge is 6.00 e. The number of hydrogen-bond donors (Lipinski definition) is 0. The van der Waals surface area contributed by atoms with Crippen molar-refractivity contribution in [3.8, 4) is 0 Å². The summed E-state index contributed by atoms with van der Waals surface area (Å²) in [4.78, 5) is 15.5. The van der Waals surface area contributed by atoms with Crippen LogP contribution in [0.4, 0.5) is 0 Å². The van der Waals surface area contributed by atoms with E-state index >= 15 is 0 Å². The first-order valence-electron chi connectivity index (χ1n) is 9.27. The summed E-state index contributed by atoms with van der Waals surface area (Å²) in [5, 5.41) is 17.7. The second-order valence-electron chi connectivity index (χ2n) is 6.85. The quantitative estimate of drug-likeness (QED) is 0.221. The van der Waals surface area contributed by atoms with E-state index < -0.39 is 0 Å². The smallest absolute Gasteiger partial charge is 0.678 e. The third-order valence-electron chi connectivity index (χ3n) is 3.70. The van der Waals surface area contributed by atoms with Gasteiger partial charge in [-0.2, -0.15) is 13.1 Å². The summed E-state index contributed by atoms with van der Waals surface area (Å²) in [7, 11) is 0. The zero-order chi connectivity index (χ0) is 21.8. The van der Waals surface area contributed by atoms with Crippen LogP contribution in [0.25, 0.3) is 21.3 Å². The van der Waals surface area contributed by atoms with E-state index in [1.165, 1.54) is 0 Å². The van der Waals surface area contributed by atoms with Gasteiger partial charge in [-0.05, 0) is 0 Å². The molecule has 0 aliphatic heterocycles.